The van der Waals surface area contributed by atoms with Crippen molar-refractivity contribution >= 4 is 39.2 Å². The van der Waals surface area contributed by atoms with Crippen LogP contribution in [0.1, 0.15) is 11.3 Å². The number of nitrogens with one attached hydrogen (secondary N) is 1. The van der Waals surface area contributed by atoms with Crippen LogP contribution in [0, 0.1) is 6.92 Å². The fraction of sp³-hybridized carbons (Fsp3) is 0.211. The Morgan fingerprint density at radius 1 is 1.11 bits per heavy atom. The molecule has 144 valence electrons. The highest BCUT2D eigenvalue weighted by Gasteiger charge is 2.30. The van der Waals surface area contributed by atoms with Crippen LogP contribution in [-0.4, -0.2) is 25.7 Å². The minimum atomic E-state index is -4.39. The number of aryl methyl sites for hydroxylation is 1. The highest BCUT2D eigenvalue weighted by Crippen LogP contribution is 2.34. The molecule has 0 spiro atoms. The van der Waals surface area contributed by atoms with Gasteiger partial charge >= 0.3 is 6.18 Å². The summed E-state index contributed by atoms with van der Waals surface area (Å²) in [5.41, 5.74) is 3.67. The van der Waals surface area contributed by atoms with Crippen molar-refractivity contribution in [1.29, 1.82) is 0 Å². The van der Waals surface area contributed by atoms with Crippen LogP contribution in [-0.2, 0) is 13.1 Å². The maximum atomic E-state index is 13.1. The Kier molecular flexibility index (Phi) is 4.58. The second-order valence-corrected chi connectivity index (χ2v) is 6.81. The Balaban J connectivity index is 1.75. The fourth-order valence-electron chi connectivity index (χ4n) is 3.15. The first-order chi connectivity index (χ1) is 13.3. The summed E-state index contributed by atoms with van der Waals surface area (Å²) >= 11 is 6.10. The molecular weight excluding hydrogens is 391 g/mol. The van der Waals surface area contributed by atoms with Crippen LogP contribution in [0.3, 0.4) is 0 Å². The van der Waals surface area contributed by atoms with Gasteiger partial charge in [0.1, 0.15) is 23.9 Å². The zero-order valence-corrected chi connectivity index (χ0v) is 15.5. The Hall–Kier alpha value is -2.87. The number of anilines is 1. The molecular formula is C19H15ClF3N5. The SMILES string of the molecule is Cc1ccc(NCc2ccc3c(c2)c2ncnc(Cl)c2n3CC(F)(F)F)cn1. The summed E-state index contributed by atoms with van der Waals surface area (Å²) in [5, 5.41) is 3.85. The van der Waals surface area contributed by atoms with Gasteiger partial charge in [-0.05, 0) is 36.8 Å². The number of pyridine rings is 1. The maximum Gasteiger partial charge on any atom is 0.406 e. The summed E-state index contributed by atoms with van der Waals surface area (Å²) in [6.45, 7) is 1.24. The molecule has 0 aliphatic carbocycles. The Morgan fingerprint density at radius 2 is 1.93 bits per heavy atom. The minimum Gasteiger partial charge on any atom is -0.380 e. The van der Waals surface area contributed by atoms with Gasteiger partial charge < -0.3 is 9.88 Å². The van der Waals surface area contributed by atoms with Gasteiger partial charge in [0.15, 0.2) is 5.15 Å². The molecule has 3 aromatic heterocycles. The lowest BCUT2D eigenvalue weighted by atomic mass is 10.1. The van der Waals surface area contributed by atoms with Crippen LogP contribution in [0.5, 0.6) is 0 Å². The van der Waals surface area contributed by atoms with Gasteiger partial charge in [-0.1, -0.05) is 17.7 Å². The summed E-state index contributed by atoms with van der Waals surface area (Å²) in [6.07, 6.45) is -1.41. The molecule has 0 saturated heterocycles. The summed E-state index contributed by atoms with van der Waals surface area (Å²) in [7, 11) is 0. The zero-order chi connectivity index (χ0) is 19.9. The molecule has 0 amide bonds. The van der Waals surface area contributed by atoms with Crippen molar-refractivity contribution < 1.29 is 13.2 Å². The molecule has 0 atom stereocenters. The molecule has 0 aliphatic rings. The minimum absolute atomic E-state index is 0.00384. The second-order valence-electron chi connectivity index (χ2n) is 6.46. The van der Waals surface area contributed by atoms with Gasteiger partial charge in [-0.25, -0.2) is 9.97 Å². The van der Waals surface area contributed by atoms with Gasteiger partial charge in [-0.3, -0.25) is 4.98 Å². The summed E-state index contributed by atoms with van der Waals surface area (Å²) in [4.78, 5) is 12.2. The smallest absolute Gasteiger partial charge is 0.380 e. The van der Waals surface area contributed by atoms with Crippen molar-refractivity contribution in [2.75, 3.05) is 5.32 Å². The number of halogens is 4. The lowest BCUT2D eigenvalue weighted by molar-refractivity contribution is -0.139. The van der Waals surface area contributed by atoms with Gasteiger partial charge in [0, 0.05) is 17.6 Å². The molecule has 0 bridgehead atoms. The topological polar surface area (TPSA) is 55.6 Å². The van der Waals surface area contributed by atoms with E-state index >= 15 is 0 Å². The number of nitrogens with zero attached hydrogens (tertiary/aromatic N) is 4. The molecule has 0 unspecified atom stereocenters. The first-order valence-electron chi connectivity index (χ1n) is 8.46. The third-order valence-electron chi connectivity index (χ3n) is 4.40. The van der Waals surface area contributed by atoms with Crippen LogP contribution in [0.4, 0.5) is 18.9 Å². The van der Waals surface area contributed by atoms with Crippen LogP contribution in [0.15, 0.2) is 42.9 Å². The predicted molar refractivity (Wildman–Crippen MR) is 102 cm³/mol. The van der Waals surface area contributed by atoms with Gasteiger partial charge in [0.25, 0.3) is 0 Å². The monoisotopic (exact) mass is 405 g/mol. The van der Waals surface area contributed by atoms with Crippen molar-refractivity contribution in [3.8, 4) is 0 Å². The van der Waals surface area contributed by atoms with Gasteiger partial charge in [0.05, 0.1) is 17.4 Å². The molecule has 1 aromatic carbocycles. The molecule has 28 heavy (non-hydrogen) atoms. The molecule has 4 rings (SSSR count). The van der Waals surface area contributed by atoms with Gasteiger partial charge in [-0.15, -0.1) is 0 Å². The molecule has 4 aromatic rings. The number of aromatic nitrogens is 4. The molecule has 5 nitrogen and oxygen atoms in total. The fourth-order valence-corrected chi connectivity index (χ4v) is 3.39. The number of rotatable bonds is 4. The highest BCUT2D eigenvalue weighted by molar-refractivity contribution is 6.34. The van der Waals surface area contributed by atoms with E-state index in [4.69, 9.17) is 11.6 Å². The number of hydrogen-bond acceptors (Lipinski definition) is 4. The Morgan fingerprint density at radius 3 is 2.64 bits per heavy atom. The van der Waals surface area contributed by atoms with E-state index in [0.717, 1.165) is 21.5 Å². The Labute approximate surface area is 163 Å². The lowest BCUT2D eigenvalue weighted by Gasteiger charge is -2.11. The number of benzene rings is 1. The average Bonchev–Trinajstić information content (AvgIpc) is 2.94. The first-order valence-corrected chi connectivity index (χ1v) is 8.84. The zero-order valence-electron chi connectivity index (χ0n) is 14.8. The highest BCUT2D eigenvalue weighted by atomic mass is 35.5. The average molecular weight is 406 g/mol. The maximum absolute atomic E-state index is 13.1. The number of fused-ring (bicyclic) bond motifs is 3. The molecule has 0 fully saturated rings. The van der Waals surface area contributed by atoms with E-state index in [9.17, 15) is 13.2 Å². The van der Waals surface area contributed by atoms with E-state index in [1.54, 1.807) is 18.3 Å². The van der Waals surface area contributed by atoms with E-state index in [0.29, 0.717) is 23.0 Å². The second kappa shape index (κ2) is 6.94. The van der Waals surface area contributed by atoms with Crippen LogP contribution in [0.25, 0.3) is 21.9 Å². The molecule has 9 heteroatoms. The molecule has 0 radical (unpaired) electrons. The normalized spacial score (nSPS) is 12.0. The summed E-state index contributed by atoms with van der Waals surface area (Å²) < 4.78 is 40.4. The molecule has 3 heterocycles. The van der Waals surface area contributed by atoms with E-state index in [1.165, 1.54) is 6.33 Å². The summed E-state index contributed by atoms with van der Waals surface area (Å²) in [5.74, 6) is 0. The third kappa shape index (κ3) is 3.60. The predicted octanol–water partition coefficient (Wildman–Crippen LogP) is 5.12. The standard InChI is InChI=1S/C19H15ClF3N5/c1-11-2-4-13(8-24-11)25-7-12-3-5-15-14(6-12)16-17(18(20)27-10-26-16)28(15)9-19(21,22)23/h2-6,8,10,25H,7,9H2,1H3. The third-order valence-corrected chi connectivity index (χ3v) is 4.68. The van der Waals surface area contributed by atoms with Crippen molar-refractivity contribution in [1.82, 2.24) is 19.5 Å². The largest absolute Gasteiger partial charge is 0.406 e. The van der Waals surface area contributed by atoms with Gasteiger partial charge in [0.2, 0.25) is 0 Å². The number of hydrogen-bond donors (Lipinski definition) is 1. The molecule has 1 N–H and O–H groups in total. The molecule has 0 saturated carbocycles. The van der Waals surface area contributed by atoms with Crippen molar-refractivity contribution in [3.63, 3.8) is 0 Å². The first kappa shape index (κ1) is 18.5. The van der Waals surface area contributed by atoms with E-state index in [1.807, 2.05) is 25.1 Å². The van der Waals surface area contributed by atoms with E-state index in [2.05, 4.69) is 20.3 Å². The van der Waals surface area contributed by atoms with Crippen LogP contribution >= 0.6 is 11.6 Å². The lowest BCUT2D eigenvalue weighted by Crippen LogP contribution is -2.17. The van der Waals surface area contributed by atoms with Crippen molar-refractivity contribution in [3.05, 3.63) is 59.3 Å². The van der Waals surface area contributed by atoms with Crippen molar-refractivity contribution in [2.45, 2.75) is 26.2 Å². The van der Waals surface area contributed by atoms with Crippen molar-refractivity contribution in [2.24, 2.45) is 0 Å². The van der Waals surface area contributed by atoms with E-state index in [-0.39, 0.29) is 10.7 Å². The molecule has 0 aliphatic heterocycles. The van der Waals surface area contributed by atoms with Gasteiger partial charge in [-0.2, -0.15) is 13.2 Å². The van der Waals surface area contributed by atoms with Crippen LogP contribution in [0.2, 0.25) is 5.15 Å². The van der Waals surface area contributed by atoms with Crippen LogP contribution < -0.4 is 5.32 Å². The quantitative estimate of drug-likeness (QED) is 0.479. The Bertz CT molecular complexity index is 1150. The van der Waals surface area contributed by atoms with E-state index < -0.39 is 12.7 Å². The number of alkyl halides is 3. The summed E-state index contributed by atoms with van der Waals surface area (Å²) in [6, 6.07) is 9.08.